The molecule has 1 saturated heterocycles. The minimum Gasteiger partial charge on any atom is -0.399 e. The highest BCUT2D eigenvalue weighted by atomic mass is 15.2. The molecule has 1 heterocycles. The lowest BCUT2D eigenvalue weighted by atomic mass is 10.1. The van der Waals surface area contributed by atoms with Crippen molar-refractivity contribution in [2.45, 2.75) is 38.8 Å². The Morgan fingerprint density at radius 2 is 2.27 bits per heavy atom. The van der Waals surface area contributed by atoms with Gasteiger partial charge in [-0.05, 0) is 50.9 Å². The predicted molar refractivity (Wildman–Crippen MR) is 64.7 cm³/mol. The Balaban J connectivity index is 2.16. The first kappa shape index (κ1) is 10.5. The van der Waals surface area contributed by atoms with Crippen LogP contribution in [0.3, 0.4) is 0 Å². The van der Waals surface area contributed by atoms with E-state index in [0.29, 0.717) is 12.1 Å². The molecule has 0 aliphatic carbocycles. The minimum atomic E-state index is 0.492. The van der Waals surface area contributed by atoms with E-state index >= 15 is 0 Å². The number of hydrogen-bond donors (Lipinski definition) is 1. The summed E-state index contributed by atoms with van der Waals surface area (Å²) in [4.78, 5) is 2.56. The zero-order valence-electron chi connectivity index (χ0n) is 9.61. The molecule has 0 amide bonds. The van der Waals surface area contributed by atoms with Crippen molar-refractivity contribution < 1.29 is 0 Å². The molecule has 2 nitrogen and oxygen atoms in total. The number of hydrogen-bond acceptors (Lipinski definition) is 2. The standard InChI is InChI=1S/C13H20N2/c1-10-5-4-8-15(10)11(2)12-6-3-7-13(14)9-12/h3,6-7,9-11H,4-5,8,14H2,1-2H3. The van der Waals surface area contributed by atoms with Gasteiger partial charge in [-0.2, -0.15) is 0 Å². The van der Waals surface area contributed by atoms with Crippen molar-refractivity contribution in [3.8, 4) is 0 Å². The van der Waals surface area contributed by atoms with Crippen molar-refractivity contribution in [1.82, 2.24) is 4.90 Å². The molecular formula is C13H20N2. The minimum absolute atomic E-state index is 0.492. The van der Waals surface area contributed by atoms with E-state index in [0.717, 1.165) is 5.69 Å². The second-order valence-corrected chi connectivity index (χ2v) is 4.58. The fourth-order valence-corrected chi connectivity index (χ4v) is 2.54. The average Bonchev–Trinajstić information content (AvgIpc) is 2.63. The number of benzene rings is 1. The van der Waals surface area contributed by atoms with Gasteiger partial charge in [-0.1, -0.05) is 12.1 Å². The maximum atomic E-state index is 5.81. The van der Waals surface area contributed by atoms with Crippen molar-refractivity contribution in [2.75, 3.05) is 12.3 Å². The van der Waals surface area contributed by atoms with E-state index in [9.17, 15) is 0 Å². The molecule has 82 valence electrons. The maximum absolute atomic E-state index is 5.81. The number of likely N-dealkylation sites (tertiary alicyclic amines) is 1. The monoisotopic (exact) mass is 204 g/mol. The highest BCUT2D eigenvalue weighted by Crippen LogP contribution is 2.29. The molecule has 0 spiro atoms. The van der Waals surface area contributed by atoms with Gasteiger partial charge < -0.3 is 5.73 Å². The number of anilines is 1. The van der Waals surface area contributed by atoms with Crippen molar-refractivity contribution in [3.63, 3.8) is 0 Å². The summed E-state index contributed by atoms with van der Waals surface area (Å²) in [6.45, 7) is 5.81. The molecular weight excluding hydrogens is 184 g/mol. The van der Waals surface area contributed by atoms with Crippen molar-refractivity contribution >= 4 is 5.69 Å². The number of nitrogens with two attached hydrogens (primary N) is 1. The van der Waals surface area contributed by atoms with Gasteiger partial charge in [-0.25, -0.2) is 0 Å². The van der Waals surface area contributed by atoms with Gasteiger partial charge in [0.05, 0.1) is 0 Å². The summed E-state index contributed by atoms with van der Waals surface area (Å²) in [5, 5.41) is 0. The third kappa shape index (κ3) is 2.15. The summed E-state index contributed by atoms with van der Waals surface area (Å²) in [5.41, 5.74) is 8.01. The van der Waals surface area contributed by atoms with Gasteiger partial charge in [0.25, 0.3) is 0 Å². The van der Waals surface area contributed by atoms with E-state index in [2.05, 4.69) is 30.9 Å². The summed E-state index contributed by atoms with van der Waals surface area (Å²) >= 11 is 0. The quantitative estimate of drug-likeness (QED) is 0.751. The second kappa shape index (κ2) is 4.23. The van der Waals surface area contributed by atoms with Crippen LogP contribution in [0.2, 0.25) is 0 Å². The fraction of sp³-hybridized carbons (Fsp3) is 0.538. The van der Waals surface area contributed by atoms with Gasteiger partial charge in [0, 0.05) is 17.8 Å². The first-order valence-electron chi connectivity index (χ1n) is 5.79. The van der Waals surface area contributed by atoms with E-state index in [-0.39, 0.29) is 0 Å². The Morgan fingerprint density at radius 3 is 2.87 bits per heavy atom. The second-order valence-electron chi connectivity index (χ2n) is 4.58. The van der Waals surface area contributed by atoms with E-state index in [4.69, 9.17) is 5.73 Å². The van der Waals surface area contributed by atoms with E-state index in [1.54, 1.807) is 0 Å². The number of nitrogens with zero attached hydrogens (tertiary/aromatic N) is 1. The zero-order valence-corrected chi connectivity index (χ0v) is 9.61. The molecule has 0 saturated carbocycles. The lowest BCUT2D eigenvalue weighted by molar-refractivity contribution is 0.204. The van der Waals surface area contributed by atoms with Crippen LogP contribution in [0.4, 0.5) is 5.69 Å². The zero-order chi connectivity index (χ0) is 10.8. The molecule has 0 bridgehead atoms. The SMILES string of the molecule is CC1CCCN1C(C)c1cccc(N)c1. The van der Waals surface area contributed by atoms with Crippen LogP contribution in [-0.2, 0) is 0 Å². The Labute approximate surface area is 92.1 Å². The van der Waals surface area contributed by atoms with Crippen LogP contribution in [0.1, 0.15) is 38.3 Å². The van der Waals surface area contributed by atoms with Crippen LogP contribution in [0.25, 0.3) is 0 Å². The average molecular weight is 204 g/mol. The maximum Gasteiger partial charge on any atom is 0.0323 e. The smallest absolute Gasteiger partial charge is 0.0323 e. The van der Waals surface area contributed by atoms with E-state index in [1.807, 2.05) is 12.1 Å². The summed E-state index contributed by atoms with van der Waals surface area (Å²) in [7, 11) is 0. The summed E-state index contributed by atoms with van der Waals surface area (Å²) in [6, 6.07) is 9.46. The van der Waals surface area contributed by atoms with Gasteiger partial charge in [-0.15, -0.1) is 0 Å². The van der Waals surface area contributed by atoms with E-state index in [1.165, 1.54) is 24.9 Å². The van der Waals surface area contributed by atoms with Gasteiger partial charge in [-0.3, -0.25) is 4.90 Å². The van der Waals surface area contributed by atoms with Crippen molar-refractivity contribution in [3.05, 3.63) is 29.8 Å². The molecule has 1 aliphatic heterocycles. The van der Waals surface area contributed by atoms with Gasteiger partial charge >= 0.3 is 0 Å². The van der Waals surface area contributed by atoms with Crippen LogP contribution in [0, 0.1) is 0 Å². The van der Waals surface area contributed by atoms with Crippen molar-refractivity contribution in [2.24, 2.45) is 0 Å². The Kier molecular flexibility index (Phi) is 2.96. The molecule has 2 N–H and O–H groups in total. The van der Waals surface area contributed by atoms with Crippen LogP contribution in [-0.4, -0.2) is 17.5 Å². The third-order valence-corrected chi connectivity index (χ3v) is 3.49. The molecule has 1 aliphatic rings. The summed E-state index contributed by atoms with van der Waals surface area (Å²) in [6.07, 6.45) is 2.65. The fourth-order valence-electron chi connectivity index (χ4n) is 2.54. The Morgan fingerprint density at radius 1 is 1.47 bits per heavy atom. The topological polar surface area (TPSA) is 29.3 Å². The highest BCUT2D eigenvalue weighted by Gasteiger charge is 2.25. The van der Waals surface area contributed by atoms with Gasteiger partial charge in [0.1, 0.15) is 0 Å². The molecule has 2 unspecified atom stereocenters. The van der Waals surface area contributed by atoms with Crippen molar-refractivity contribution in [1.29, 1.82) is 0 Å². The Bertz CT molecular complexity index is 335. The molecule has 1 aromatic carbocycles. The lowest BCUT2D eigenvalue weighted by Gasteiger charge is -2.28. The van der Waals surface area contributed by atoms with Crippen LogP contribution < -0.4 is 5.73 Å². The molecule has 2 heteroatoms. The lowest BCUT2D eigenvalue weighted by Crippen LogP contribution is -2.29. The first-order chi connectivity index (χ1) is 7.18. The molecule has 1 aromatic rings. The molecule has 15 heavy (non-hydrogen) atoms. The first-order valence-corrected chi connectivity index (χ1v) is 5.79. The van der Waals surface area contributed by atoms with E-state index < -0.39 is 0 Å². The van der Waals surface area contributed by atoms with Crippen LogP contribution >= 0.6 is 0 Å². The highest BCUT2D eigenvalue weighted by molar-refractivity contribution is 5.41. The normalized spacial score (nSPS) is 24.3. The molecule has 0 aromatic heterocycles. The molecule has 1 fully saturated rings. The summed E-state index contributed by atoms with van der Waals surface area (Å²) in [5.74, 6) is 0. The third-order valence-electron chi connectivity index (χ3n) is 3.49. The van der Waals surface area contributed by atoms with Crippen LogP contribution in [0.5, 0.6) is 0 Å². The molecule has 2 rings (SSSR count). The van der Waals surface area contributed by atoms with Gasteiger partial charge in [0.15, 0.2) is 0 Å². The summed E-state index contributed by atoms with van der Waals surface area (Å²) < 4.78 is 0. The van der Waals surface area contributed by atoms with Gasteiger partial charge in [0.2, 0.25) is 0 Å². The largest absolute Gasteiger partial charge is 0.399 e. The number of nitrogen functional groups attached to an aromatic ring is 1. The Hall–Kier alpha value is -1.02. The number of rotatable bonds is 2. The molecule has 0 radical (unpaired) electrons. The van der Waals surface area contributed by atoms with Crippen LogP contribution in [0.15, 0.2) is 24.3 Å². The molecule has 2 atom stereocenters. The predicted octanol–water partition coefficient (Wildman–Crippen LogP) is 2.81.